The van der Waals surface area contributed by atoms with E-state index in [1.165, 1.54) is 24.3 Å². The molecule has 0 bridgehead atoms. The van der Waals surface area contributed by atoms with Gasteiger partial charge in [0.2, 0.25) is 5.62 Å². The molecule has 0 unspecified atom stereocenters. The van der Waals surface area contributed by atoms with Gasteiger partial charge in [0.25, 0.3) is 10.0 Å². The fourth-order valence-electron chi connectivity index (χ4n) is 4.32. The van der Waals surface area contributed by atoms with Gasteiger partial charge in [0.15, 0.2) is 5.82 Å². The molecule has 0 saturated heterocycles. The molecule has 2 aromatic carbocycles. The van der Waals surface area contributed by atoms with E-state index in [0.29, 0.717) is 47.0 Å². The molecular formula is C24H20F4N6O3S. The molecule has 2 N–H and O–H groups in total. The summed E-state index contributed by atoms with van der Waals surface area (Å²) < 4.78 is 88.4. The zero-order valence-electron chi connectivity index (χ0n) is 20.0. The van der Waals surface area contributed by atoms with Gasteiger partial charge in [-0.2, -0.15) is 4.98 Å². The van der Waals surface area contributed by atoms with Gasteiger partial charge >= 0.3 is 6.36 Å². The van der Waals surface area contributed by atoms with Crippen LogP contribution in [0.5, 0.6) is 5.75 Å². The van der Waals surface area contributed by atoms with Crippen LogP contribution in [0.3, 0.4) is 0 Å². The third-order valence-corrected chi connectivity index (χ3v) is 7.32. The van der Waals surface area contributed by atoms with Gasteiger partial charge in [0.1, 0.15) is 22.3 Å². The Labute approximate surface area is 214 Å². The molecule has 5 rings (SSSR count). The molecule has 0 aliphatic carbocycles. The second-order valence-corrected chi connectivity index (χ2v) is 10.0. The Kier molecular flexibility index (Phi) is 6.21. The first-order chi connectivity index (χ1) is 18.0. The van der Waals surface area contributed by atoms with Crippen LogP contribution >= 0.6 is 0 Å². The molecule has 14 heteroatoms. The van der Waals surface area contributed by atoms with Crippen LogP contribution in [0.25, 0.3) is 22.5 Å². The highest BCUT2D eigenvalue weighted by atomic mass is 32.2. The molecule has 3 aliphatic rings. The summed E-state index contributed by atoms with van der Waals surface area (Å²) in [5.74, 6) is -0.671. The lowest BCUT2D eigenvalue weighted by Gasteiger charge is -2.20. The monoisotopic (exact) mass is 548 g/mol. The summed E-state index contributed by atoms with van der Waals surface area (Å²) in [6, 6.07) is 8.63. The Morgan fingerprint density at radius 1 is 1.18 bits per heavy atom. The number of hydrogen-bond acceptors (Lipinski definition) is 7. The zero-order valence-corrected chi connectivity index (χ0v) is 20.8. The number of aromatic nitrogens is 3. The summed E-state index contributed by atoms with van der Waals surface area (Å²) in [7, 11) is -3.10. The number of alkyl halides is 3. The maximum Gasteiger partial charge on any atom is 0.573 e. The van der Waals surface area contributed by atoms with Crippen molar-refractivity contribution in [3.8, 4) is 28.3 Å². The highest BCUT2D eigenvalue weighted by molar-refractivity contribution is 7.92. The van der Waals surface area contributed by atoms with Crippen molar-refractivity contribution >= 4 is 21.5 Å². The Hall–Kier alpha value is -4.20. The normalized spacial score (nSPS) is 13.9. The number of sulfonamides is 1. The largest absolute Gasteiger partial charge is 0.573 e. The van der Waals surface area contributed by atoms with Crippen molar-refractivity contribution in [1.82, 2.24) is 14.5 Å². The number of aryl methyl sites for hydroxylation is 1. The van der Waals surface area contributed by atoms with E-state index in [2.05, 4.69) is 29.7 Å². The minimum Gasteiger partial charge on any atom is -0.404 e. The van der Waals surface area contributed by atoms with E-state index in [9.17, 15) is 21.6 Å². The fraction of sp³-hybridized carbons (Fsp3) is 0.208. The van der Waals surface area contributed by atoms with Crippen molar-refractivity contribution < 1.29 is 30.7 Å². The highest BCUT2D eigenvalue weighted by Crippen LogP contribution is 2.41. The maximum atomic E-state index is 16.0. The molecule has 0 spiro atoms. The van der Waals surface area contributed by atoms with Gasteiger partial charge in [-0.1, -0.05) is 18.2 Å². The fourth-order valence-corrected chi connectivity index (χ4v) is 5.51. The molecule has 0 atom stereocenters. The minimum absolute atomic E-state index is 0.106. The number of pyridine rings is 1. The number of ether oxygens (including phenoxy) is 1. The van der Waals surface area contributed by atoms with Gasteiger partial charge in [-0.25, -0.2) is 17.8 Å². The molecule has 3 aliphatic heterocycles. The van der Waals surface area contributed by atoms with Crippen molar-refractivity contribution in [3.63, 3.8) is 0 Å². The van der Waals surface area contributed by atoms with E-state index in [1.54, 1.807) is 26.2 Å². The van der Waals surface area contributed by atoms with Crippen molar-refractivity contribution in [3.05, 3.63) is 65.7 Å². The standard InChI is InChI=1S/C24H20F4N6O3S/c1-13-7-8-16(33-38(35,36)18-6-4-3-5-17(18)37-24(26,27)28)20(25)19(13)15-11-14-12-31-23(29-2)32-21(14)34-10-9-30-22(15)34/h3-8,11-12,30,33H,9-10H2,1-2H3. The van der Waals surface area contributed by atoms with Crippen LogP contribution < -0.4 is 20.4 Å². The second-order valence-electron chi connectivity index (χ2n) is 8.38. The predicted octanol–water partition coefficient (Wildman–Crippen LogP) is 4.15. The number of anilines is 2. The number of benzene rings is 2. The summed E-state index contributed by atoms with van der Waals surface area (Å²) >= 11 is 0. The summed E-state index contributed by atoms with van der Waals surface area (Å²) in [6.45, 7) is 2.76. The number of nitrogens with zero attached hydrogens (tertiary/aromatic N) is 4. The lowest BCUT2D eigenvalue weighted by molar-refractivity contribution is -0.275. The smallest absolute Gasteiger partial charge is 0.404 e. The molecule has 3 heterocycles. The van der Waals surface area contributed by atoms with Crippen molar-refractivity contribution in [2.75, 3.05) is 23.6 Å². The SMILES string of the molecule is CN=c1ncc2cc(-c3c(C)ccc(NS(=O)(=O)c4ccccc4OC(F)(F)F)c3F)c3n(c-2n1)CCN3. The van der Waals surface area contributed by atoms with Gasteiger partial charge in [-0.3, -0.25) is 9.71 Å². The predicted molar refractivity (Wildman–Crippen MR) is 131 cm³/mol. The Morgan fingerprint density at radius 2 is 1.95 bits per heavy atom. The van der Waals surface area contributed by atoms with Crippen LogP contribution in [0, 0.1) is 12.7 Å². The van der Waals surface area contributed by atoms with Crippen LogP contribution in [0.4, 0.5) is 29.1 Å². The highest BCUT2D eigenvalue weighted by Gasteiger charge is 2.34. The van der Waals surface area contributed by atoms with Crippen molar-refractivity contribution in [2.24, 2.45) is 4.99 Å². The van der Waals surface area contributed by atoms with Gasteiger partial charge < -0.3 is 14.6 Å². The van der Waals surface area contributed by atoms with Crippen LogP contribution in [0.1, 0.15) is 5.56 Å². The number of fused-ring (bicyclic) bond motifs is 3. The molecule has 0 aromatic heterocycles. The van der Waals surface area contributed by atoms with Crippen LogP contribution in [-0.4, -0.2) is 42.9 Å². The average molecular weight is 549 g/mol. The molecule has 0 radical (unpaired) electrons. The third-order valence-electron chi connectivity index (χ3n) is 5.92. The van der Waals surface area contributed by atoms with Gasteiger partial charge in [-0.15, -0.1) is 13.2 Å². The number of nitrogens with one attached hydrogen (secondary N) is 2. The maximum absolute atomic E-state index is 16.0. The third kappa shape index (κ3) is 4.62. The summed E-state index contributed by atoms with van der Waals surface area (Å²) in [5.41, 5.74) is 1.51. The average Bonchev–Trinajstić information content (AvgIpc) is 3.35. The lowest BCUT2D eigenvalue weighted by Crippen LogP contribution is -2.21. The van der Waals surface area contributed by atoms with Crippen LogP contribution in [-0.2, 0) is 16.6 Å². The first kappa shape index (κ1) is 25.4. The first-order valence-corrected chi connectivity index (χ1v) is 12.7. The van der Waals surface area contributed by atoms with E-state index in [-0.39, 0.29) is 5.56 Å². The molecule has 0 amide bonds. The van der Waals surface area contributed by atoms with Gasteiger partial charge in [-0.05, 0) is 36.8 Å². The van der Waals surface area contributed by atoms with Gasteiger partial charge in [0, 0.05) is 43.0 Å². The number of halogens is 4. The topological polar surface area (TPSA) is 111 Å². The molecule has 2 aromatic rings. The molecule has 198 valence electrons. The van der Waals surface area contributed by atoms with Crippen LogP contribution in [0.2, 0.25) is 0 Å². The molecule has 0 fully saturated rings. The van der Waals surface area contributed by atoms with Gasteiger partial charge in [0.05, 0.1) is 5.69 Å². The Morgan fingerprint density at radius 3 is 2.68 bits per heavy atom. The lowest BCUT2D eigenvalue weighted by atomic mass is 9.97. The van der Waals surface area contributed by atoms with Crippen molar-refractivity contribution in [2.45, 2.75) is 24.7 Å². The quantitative estimate of drug-likeness (QED) is 0.363. The van der Waals surface area contributed by atoms with Crippen molar-refractivity contribution in [1.29, 1.82) is 0 Å². The summed E-state index contributed by atoms with van der Waals surface area (Å²) in [6.07, 6.45) is -3.55. The zero-order chi connectivity index (χ0) is 27.2. The van der Waals surface area contributed by atoms with E-state index < -0.39 is 38.5 Å². The minimum atomic E-state index is -5.12. The molecular weight excluding hydrogens is 528 g/mol. The van der Waals surface area contributed by atoms with E-state index in [4.69, 9.17) is 0 Å². The second kappa shape index (κ2) is 9.28. The number of rotatable bonds is 5. The van der Waals surface area contributed by atoms with E-state index >= 15 is 4.39 Å². The Bertz CT molecular complexity index is 1700. The molecule has 0 saturated carbocycles. The summed E-state index contributed by atoms with van der Waals surface area (Å²) in [5, 5.41) is 3.22. The Balaban J connectivity index is 1.62. The van der Waals surface area contributed by atoms with E-state index in [1.807, 2.05) is 4.57 Å². The van der Waals surface area contributed by atoms with E-state index in [0.717, 1.165) is 12.1 Å². The molecule has 9 nitrogen and oxygen atoms in total. The number of para-hydroxylation sites is 1. The van der Waals surface area contributed by atoms with Crippen LogP contribution in [0.15, 0.2) is 58.5 Å². The summed E-state index contributed by atoms with van der Waals surface area (Å²) in [4.78, 5) is 11.8. The first-order valence-electron chi connectivity index (χ1n) is 11.2. The number of hydrogen-bond donors (Lipinski definition) is 2. The molecule has 38 heavy (non-hydrogen) atoms.